The van der Waals surface area contributed by atoms with Crippen molar-refractivity contribution in [2.45, 2.75) is 6.54 Å². The summed E-state index contributed by atoms with van der Waals surface area (Å²) in [5.74, 6) is 0.0712. The predicted octanol–water partition coefficient (Wildman–Crippen LogP) is 3.00. The number of nitrogens with one attached hydrogen (secondary N) is 1. The Hall–Kier alpha value is -2.60. The van der Waals surface area contributed by atoms with Crippen LogP contribution in [-0.2, 0) is 16.1 Å². The zero-order valence-electron chi connectivity index (χ0n) is 13.0. The Morgan fingerprint density at radius 2 is 1.71 bits per heavy atom. The minimum atomic E-state index is -0.351. The predicted molar refractivity (Wildman–Crippen MR) is 94.6 cm³/mol. The van der Waals surface area contributed by atoms with Crippen molar-refractivity contribution in [3.63, 3.8) is 0 Å². The maximum absolute atomic E-state index is 12.5. The number of rotatable bonds is 5. The Morgan fingerprint density at radius 1 is 1.04 bits per heavy atom. The monoisotopic (exact) mass is 386 g/mol. The van der Waals surface area contributed by atoms with Crippen LogP contribution >= 0.6 is 15.9 Å². The molecule has 0 atom stereocenters. The number of hydrogen-bond donors (Lipinski definition) is 1. The highest BCUT2D eigenvalue weighted by Crippen LogP contribution is 2.23. The molecule has 0 bridgehead atoms. The molecule has 0 saturated carbocycles. The highest BCUT2D eigenvalue weighted by molar-refractivity contribution is 9.10. The van der Waals surface area contributed by atoms with E-state index in [0.29, 0.717) is 17.9 Å². The molecule has 6 heteroatoms. The van der Waals surface area contributed by atoms with Gasteiger partial charge in [0.15, 0.2) is 0 Å². The second kappa shape index (κ2) is 6.88. The quantitative estimate of drug-likeness (QED) is 0.802. The second-order valence-corrected chi connectivity index (χ2v) is 6.13. The Labute approximate surface area is 148 Å². The third-order valence-corrected chi connectivity index (χ3v) is 4.18. The Morgan fingerprint density at radius 3 is 2.33 bits per heavy atom. The van der Waals surface area contributed by atoms with Crippen LogP contribution in [0.2, 0.25) is 0 Å². The number of hydrogen-bond acceptors (Lipinski definition) is 4. The number of benzene rings is 2. The minimum absolute atomic E-state index is 0.290. The molecule has 1 aliphatic rings. The normalized spacial score (nSPS) is 13.9. The summed E-state index contributed by atoms with van der Waals surface area (Å²) < 4.78 is 5.99. The summed E-state index contributed by atoms with van der Waals surface area (Å²) in [6.45, 7) is 0.447. The van der Waals surface area contributed by atoms with Gasteiger partial charge in [0.05, 0.1) is 12.8 Å². The topological polar surface area (TPSA) is 58.6 Å². The molecule has 24 heavy (non-hydrogen) atoms. The van der Waals surface area contributed by atoms with Crippen LogP contribution in [-0.4, -0.2) is 18.9 Å². The van der Waals surface area contributed by atoms with Crippen molar-refractivity contribution in [3.8, 4) is 5.75 Å². The summed E-state index contributed by atoms with van der Waals surface area (Å²) in [6, 6.07) is 14.5. The zero-order chi connectivity index (χ0) is 17.1. The molecule has 0 unspecified atom stereocenters. The molecule has 0 radical (unpaired) electrons. The van der Waals surface area contributed by atoms with Gasteiger partial charge in [-0.1, -0.05) is 28.1 Å². The molecule has 0 spiro atoms. The molecule has 0 saturated heterocycles. The highest BCUT2D eigenvalue weighted by Gasteiger charge is 2.32. The van der Waals surface area contributed by atoms with Gasteiger partial charge >= 0.3 is 0 Å². The van der Waals surface area contributed by atoms with E-state index in [4.69, 9.17) is 4.74 Å². The van der Waals surface area contributed by atoms with Crippen molar-refractivity contribution >= 4 is 33.4 Å². The van der Waals surface area contributed by atoms with Gasteiger partial charge in [0.25, 0.3) is 11.8 Å². The van der Waals surface area contributed by atoms with Crippen LogP contribution in [0.1, 0.15) is 5.56 Å². The molecular formula is C18H15BrN2O3. The standard InChI is InChI=1S/C18H15BrN2O3/c1-24-15-8-2-12(3-9-15)11-20-16-10-17(22)21(18(16)23)14-6-4-13(19)5-7-14/h2-10,20H,11H2,1H3. The molecule has 1 N–H and O–H groups in total. The number of methoxy groups -OCH3 is 1. The van der Waals surface area contributed by atoms with Crippen LogP contribution in [0.25, 0.3) is 0 Å². The van der Waals surface area contributed by atoms with Crippen LogP contribution in [0, 0.1) is 0 Å². The molecule has 5 nitrogen and oxygen atoms in total. The smallest absolute Gasteiger partial charge is 0.281 e. The second-order valence-electron chi connectivity index (χ2n) is 5.21. The van der Waals surface area contributed by atoms with Gasteiger partial charge in [-0.3, -0.25) is 9.59 Å². The van der Waals surface area contributed by atoms with E-state index in [0.717, 1.165) is 20.7 Å². The first-order chi connectivity index (χ1) is 11.6. The number of carbonyl (C=O) groups excluding carboxylic acids is 2. The van der Waals surface area contributed by atoms with Gasteiger partial charge in [0, 0.05) is 17.1 Å². The fourth-order valence-electron chi connectivity index (χ4n) is 2.37. The van der Waals surface area contributed by atoms with E-state index in [9.17, 15) is 9.59 Å². The number of halogens is 1. The summed E-state index contributed by atoms with van der Waals surface area (Å²) in [5, 5.41) is 3.03. The first-order valence-electron chi connectivity index (χ1n) is 7.31. The number of ether oxygens (including phenoxy) is 1. The summed E-state index contributed by atoms with van der Waals surface area (Å²) >= 11 is 3.33. The third-order valence-electron chi connectivity index (χ3n) is 3.65. The van der Waals surface area contributed by atoms with Gasteiger partial charge in [-0.2, -0.15) is 0 Å². The van der Waals surface area contributed by atoms with Crippen LogP contribution in [0.15, 0.2) is 64.8 Å². The van der Waals surface area contributed by atoms with Crippen molar-refractivity contribution in [2.75, 3.05) is 12.0 Å². The summed E-state index contributed by atoms with van der Waals surface area (Å²) in [5.41, 5.74) is 1.82. The number of nitrogens with zero attached hydrogens (tertiary/aromatic N) is 1. The van der Waals surface area contributed by atoms with E-state index in [1.807, 2.05) is 24.3 Å². The number of imide groups is 1. The molecule has 0 aromatic heterocycles. The van der Waals surface area contributed by atoms with Gasteiger partial charge in [-0.05, 0) is 42.0 Å². The number of anilines is 1. The molecule has 0 aliphatic carbocycles. The molecule has 3 rings (SSSR count). The lowest BCUT2D eigenvalue weighted by molar-refractivity contribution is -0.120. The summed E-state index contributed by atoms with van der Waals surface area (Å²) in [7, 11) is 1.61. The Balaban J connectivity index is 1.68. The Kier molecular flexibility index (Phi) is 4.66. The van der Waals surface area contributed by atoms with Crippen molar-refractivity contribution in [3.05, 3.63) is 70.3 Å². The van der Waals surface area contributed by atoms with Crippen LogP contribution < -0.4 is 15.0 Å². The van der Waals surface area contributed by atoms with Gasteiger partial charge in [-0.15, -0.1) is 0 Å². The fourth-order valence-corrected chi connectivity index (χ4v) is 2.64. The zero-order valence-corrected chi connectivity index (χ0v) is 14.5. The average molecular weight is 387 g/mol. The summed E-state index contributed by atoms with van der Waals surface area (Å²) in [4.78, 5) is 25.8. The molecule has 2 aromatic rings. The molecule has 1 aliphatic heterocycles. The van der Waals surface area contributed by atoms with Gasteiger partial charge in [0.2, 0.25) is 0 Å². The van der Waals surface area contributed by atoms with Crippen LogP contribution in [0.3, 0.4) is 0 Å². The van der Waals surface area contributed by atoms with Crippen LogP contribution in [0.4, 0.5) is 5.69 Å². The van der Waals surface area contributed by atoms with Gasteiger partial charge in [-0.25, -0.2) is 4.90 Å². The molecule has 2 aromatic carbocycles. The molecule has 122 valence electrons. The average Bonchev–Trinajstić information content (AvgIpc) is 2.88. The maximum atomic E-state index is 12.5. The van der Waals surface area contributed by atoms with Gasteiger partial charge in [0.1, 0.15) is 11.4 Å². The lowest BCUT2D eigenvalue weighted by Crippen LogP contribution is -2.33. The lowest BCUT2D eigenvalue weighted by Gasteiger charge is -2.15. The summed E-state index contributed by atoms with van der Waals surface area (Å²) in [6.07, 6.45) is 1.33. The third kappa shape index (κ3) is 3.33. The number of carbonyl (C=O) groups is 2. The van der Waals surface area contributed by atoms with Crippen molar-refractivity contribution in [2.24, 2.45) is 0 Å². The van der Waals surface area contributed by atoms with Crippen LogP contribution in [0.5, 0.6) is 5.75 Å². The van der Waals surface area contributed by atoms with E-state index in [-0.39, 0.29) is 11.8 Å². The van der Waals surface area contributed by atoms with E-state index < -0.39 is 0 Å². The maximum Gasteiger partial charge on any atom is 0.281 e. The van der Waals surface area contributed by atoms with E-state index >= 15 is 0 Å². The van der Waals surface area contributed by atoms with E-state index in [1.54, 1.807) is 31.4 Å². The fraction of sp³-hybridized carbons (Fsp3) is 0.111. The highest BCUT2D eigenvalue weighted by atomic mass is 79.9. The molecule has 2 amide bonds. The SMILES string of the molecule is COc1ccc(CNC2=CC(=O)N(c3ccc(Br)cc3)C2=O)cc1. The van der Waals surface area contributed by atoms with Crippen molar-refractivity contribution in [1.29, 1.82) is 0 Å². The first kappa shape index (κ1) is 16.3. The lowest BCUT2D eigenvalue weighted by atomic mass is 10.2. The van der Waals surface area contributed by atoms with E-state index in [1.165, 1.54) is 6.08 Å². The van der Waals surface area contributed by atoms with Crippen molar-refractivity contribution < 1.29 is 14.3 Å². The van der Waals surface area contributed by atoms with Gasteiger partial charge < -0.3 is 10.1 Å². The molecular weight excluding hydrogens is 372 g/mol. The molecule has 0 fully saturated rings. The minimum Gasteiger partial charge on any atom is -0.497 e. The van der Waals surface area contributed by atoms with Crippen molar-refractivity contribution in [1.82, 2.24) is 5.32 Å². The largest absolute Gasteiger partial charge is 0.497 e. The van der Waals surface area contributed by atoms with E-state index in [2.05, 4.69) is 21.2 Å². The number of amides is 2. The Bertz CT molecular complexity index is 798. The first-order valence-corrected chi connectivity index (χ1v) is 8.10. The molecule has 1 heterocycles.